The van der Waals surface area contributed by atoms with Gasteiger partial charge >= 0.3 is 18.0 Å². The first-order valence-corrected chi connectivity index (χ1v) is 11.0. The van der Waals surface area contributed by atoms with Gasteiger partial charge in [-0.2, -0.15) is 18.3 Å². The maximum Gasteiger partial charge on any atom is 0.416 e. The Hall–Kier alpha value is -3.89. The van der Waals surface area contributed by atoms with Crippen LogP contribution in [0.5, 0.6) is 5.75 Å². The van der Waals surface area contributed by atoms with Gasteiger partial charge in [0.05, 0.1) is 11.8 Å². The van der Waals surface area contributed by atoms with Gasteiger partial charge in [-0.15, -0.1) is 0 Å². The number of rotatable bonds is 7. The Morgan fingerprint density at radius 3 is 2.40 bits per heavy atom. The summed E-state index contributed by atoms with van der Waals surface area (Å²) < 4.78 is 43.7. The van der Waals surface area contributed by atoms with E-state index in [0.29, 0.717) is 11.3 Å². The fourth-order valence-electron chi connectivity index (χ4n) is 3.49. The smallest absolute Gasteiger partial charge is 0.416 e. The zero-order valence-corrected chi connectivity index (χ0v) is 18.7. The van der Waals surface area contributed by atoms with Gasteiger partial charge in [0.1, 0.15) is 5.75 Å². The van der Waals surface area contributed by atoms with Crippen LogP contribution in [0.4, 0.5) is 18.9 Å². The molecule has 1 saturated carbocycles. The second-order valence-electron chi connectivity index (χ2n) is 7.99. The molecule has 11 heteroatoms. The molecule has 186 valence electrons. The number of ether oxygens (including phenoxy) is 1. The van der Waals surface area contributed by atoms with Crippen molar-refractivity contribution in [2.45, 2.75) is 44.3 Å². The number of alkyl halides is 3. The minimum Gasteiger partial charge on any atom is -0.484 e. The standard InChI is InChI=1S/C24H25F3N4O4/c25-24(26,27)17-5-4-8-19(13-17)30-22(33)23(34)31-28-14-16-9-11-20(12-10-16)35-15-21(32)29-18-6-2-1-3-7-18/h4-5,8-14,18H,1-3,6-7,15H2,(H,29,32)(H,30,33)(H,31,34)/b28-14-. The number of hydrazone groups is 1. The number of hydrogen-bond acceptors (Lipinski definition) is 5. The predicted octanol–water partition coefficient (Wildman–Crippen LogP) is 3.62. The number of halogens is 3. The molecule has 3 rings (SSSR count). The van der Waals surface area contributed by atoms with Crippen LogP contribution in [-0.4, -0.2) is 36.6 Å². The summed E-state index contributed by atoms with van der Waals surface area (Å²) >= 11 is 0. The van der Waals surface area contributed by atoms with Crippen LogP contribution in [0.15, 0.2) is 53.6 Å². The Balaban J connectivity index is 1.42. The van der Waals surface area contributed by atoms with Gasteiger partial charge in [0.15, 0.2) is 6.61 Å². The van der Waals surface area contributed by atoms with Gasteiger partial charge in [0.2, 0.25) is 0 Å². The van der Waals surface area contributed by atoms with E-state index in [1.165, 1.54) is 18.7 Å². The summed E-state index contributed by atoms with van der Waals surface area (Å²) in [5.74, 6) is -2.02. The van der Waals surface area contributed by atoms with Crippen molar-refractivity contribution in [3.05, 3.63) is 59.7 Å². The molecule has 3 N–H and O–H groups in total. The van der Waals surface area contributed by atoms with Crippen LogP contribution in [0.1, 0.15) is 43.2 Å². The van der Waals surface area contributed by atoms with Crippen molar-refractivity contribution in [3.63, 3.8) is 0 Å². The van der Waals surface area contributed by atoms with Crippen LogP contribution in [0.3, 0.4) is 0 Å². The molecule has 2 aromatic carbocycles. The summed E-state index contributed by atoms with van der Waals surface area (Å²) in [4.78, 5) is 35.7. The van der Waals surface area contributed by atoms with Crippen LogP contribution in [0.25, 0.3) is 0 Å². The molecular formula is C24H25F3N4O4. The lowest BCUT2D eigenvalue weighted by molar-refractivity contribution is -0.137. The molecule has 3 amide bonds. The van der Waals surface area contributed by atoms with E-state index in [1.807, 2.05) is 5.43 Å². The first-order chi connectivity index (χ1) is 16.7. The Morgan fingerprint density at radius 2 is 1.71 bits per heavy atom. The number of benzene rings is 2. The molecule has 0 heterocycles. The first kappa shape index (κ1) is 25.7. The molecule has 0 aromatic heterocycles. The van der Waals surface area contributed by atoms with Gasteiger partial charge in [0.25, 0.3) is 5.91 Å². The first-order valence-electron chi connectivity index (χ1n) is 11.0. The van der Waals surface area contributed by atoms with Crippen LogP contribution in [0, 0.1) is 0 Å². The lowest BCUT2D eigenvalue weighted by atomic mass is 9.95. The Morgan fingerprint density at radius 1 is 1.00 bits per heavy atom. The van der Waals surface area contributed by atoms with Gasteiger partial charge < -0.3 is 15.4 Å². The van der Waals surface area contributed by atoms with E-state index in [4.69, 9.17) is 4.74 Å². The minimum absolute atomic E-state index is 0.0962. The molecular weight excluding hydrogens is 465 g/mol. The monoisotopic (exact) mass is 490 g/mol. The zero-order chi connectivity index (χ0) is 25.3. The highest BCUT2D eigenvalue weighted by Gasteiger charge is 2.30. The van der Waals surface area contributed by atoms with Crippen molar-refractivity contribution in [1.29, 1.82) is 0 Å². The molecule has 1 aliphatic carbocycles. The third-order valence-corrected chi connectivity index (χ3v) is 5.25. The molecule has 2 aromatic rings. The molecule has 1 aliphatic rings. The summed E-state index contributed by atoms with van der Waals surface area (Å²) in [5.41, 5.74) is 1.45. The second kappa shape index (κ2) is 12.0. The molecule has 0 spiro atoms. The van der Waals surface area contributed by atoms with Gasteiger partial charge in [-0.05, 0) is 60.9 Å². The van der Waals surface area contributed by atoms with Crippen molar-refractivity contribution in [2.24, 2.45) is 5.10 Å². The van der Waals surface area contributed by atoms with E-state index < -0.39 is 23.6 Å². The summed E-state index contributed by atoms with van der Waals surface area (Å²) in [6.07, 6.45) is 2.12. The highest BCUT2D eigenvalue weighted by atomic mass is 19.4. The summed E-state index contributed by atoms with van der Waals surface area (Å²) in [5, 5.41) is 8.71. The third kappa shape index (κ3) is 8.43. The fraction of sp³-hybridized carbons (Fsp3) is 0.333. The number of amides is 3. The van der Waals surface area contributed by atoms with E-state index in [0.717, 1.165) is 43.9 Å². The quantitative estimate of drug-likeness (QED) is 0.313. The fourth-order valence-corrected chi connectivity index (χ4v) is 3.49. The molecule has 35 heavy (non-hydrogen) atoms. The molecule has 8 nitrogen and oxygen atoms in total. The third-order valence-electron chi connectivity index (χ3n) is 5.25. The summed E-state index contributed by atoms with van der Waals surface area (Å²) in [6, 6.07) is 10.6. The van der Waals surface area contributed by atoms with Crippen molar-refractivity contribution in [3.8, 4) is 5.75 Å². The van der Waals surface area contributed by atoms with Crippen molar-refractivity contribution in [2.75, 3.05) is 11.9 Å². The lowest BCUT2D eigenvalue weighted by Gasteiger charge is -2.22. The van der Waals surface area contributed by atoms with Gasteiger partial charge in [0, 0.05) is 11.7 Å². The maximum atomic E-state index is 12.7. The molecule has 0 radical (unpaired) electrons. The Bertz CT molecular complexity index is 1070. The number of nitrogens with one attached hydrogen (secondary N) is 3. The average molecular weight is 490 g/mol. The highest BCUT2D eigenvalue weighted by molar-refractivity contribution is 6.39. The zero-order valence-electron chi connectivity index (χ0n) is 18.7. The molecule has 0 aliphatic heterocycles. The van der Waals surface area contributed by atoms with Crippen LogP contribution in [-0.2, 0) is 20.6 Å². The lowest BCUT2D eigenvalue weighted by Crippen LogP contribution is -2.38. The molecule has 0 saturated heterocycles. The van der Waals surface area contributed by atoms with E-state index in [9.17, 15) is 27.6 Å². The molecule has 0 atom stereocenters. The maximum absolute atomic E-state index is 12.7. The van der Waals surface area contributed by atoms with Gasteiger partial charge in [-0.25, -0.2) is 5.43 Å². The van der Waals surface area contributed by atoms with Gasteiger partial charge in [-0.3, -0.25) is 14.4 Å². The van der Waals surface area contributed by atoms with E-state index >= 15 is 0 Å². The van der Waals surface area contributed by atoms with Crippen molar-refractivity contribution in [1.82, 2.24) is 10.7 Å². The van der Waals surface area contributed by atoms with Gasteiger partial charge in [-0.1, -0.05) is 25.3 Å². The summed E-state index contributed by atoms with van der Waals surface area (Å²) in [7, 11) is 0. The number of carbonyl (C=O) groups is 3. The van der Waals surface area contributed by atoms with Crippen molar-refractivity contribution < 1.29 is 32.3 Å². The molecule has 0 unspecified atom stereocenters. The Labute approximate surface area is 199 Å². The largest absolute Gasteiger partial charge is 0.484 e. The van der Waals surface area contributed by atoms with E-state index in [-0.39, 0.29) is 24.2 Å². The highest BCUT2D eigenvalue weighted by Crippen LogP contribution is 2.30. The van der Waals surface area contributed by atoms with Crippen LogP contribution >= 0.6 is 0 Å². The number of nitrogens with zero attached hydrogens (tertiary/aromatic N) is 1. The summed E-state index contributed by atoms with van der Waals surface area (Å²) in [6.45, 7) is -0.0962. The van der Waals surface area contributed by atoms with E-state index in [2.05, 4.69) is 15.7 Å². The number of hydrogen-bond donors (Lipinski definition) is 3. The second-order valence-corrected chi connectivity index (χ2v) is 7.99. The van der Waals surface area contributed by atoms with E-state index in [1.54, 1.807) is 24.3 Å². The minimum atomic E-state index is -4.57. The molecule has 0 bridgehead atoms. The Kier molecular flexibility index (Phi) is 8.82. The predicted molar refractivity (Wildman–Crippen MR) is 123 cm³/mol. The SMILES string of the molecule is O=C(COc1ccc(/C=N\NC(=O)C(=O)Nc2cccc(C(F)(F)F)c2)cc1)NC1CCCCC1. The normalized spacial score (nSPS) is 14.4. The number of carbonyl (C=O) groups excluding carboxylic acids is 3. The molecule has 1 fully saturated rings. The van der Waals surface area contributed by atoms with Crippen LogP contribution < -0.4 is 20.8 Å². The number of anilines is 1. The topological polar surface area (TPSA) is 109 Å². The average Bonchev–Trinajstić information content (AvgIpc) is 2.84. The van der Waals surface area contributed by atoms with Crippen LogP contribution in [0.2, 0.25) is 0 Å². The van der Waals surface area contributed by atoms with Crippen molar-refractivity contribution >= 4 is 29.6 Å².